The summed E-state index contributed by atoms with van der Waals surface area (Å²) < 4.78 is 36.9. The molecule has 1 N–H and O–H groups in total. The first-order chi connectivity index (χ1) is 10.3. The zero-order chi connectivity index (χ0) is 16.3. The average Bonchev–Trinajstić information content (AvgIpc) is 2.36. The largest absolute Gasteiger partial charge is 0.325 e. The van der Waals surface area contributed by atoms with Crippen LogP contribution in [0.5, 0.6) is 0 Å². The SMILES string of the molecule is O=C(CS(=O)(=O)c1ccc(F)cc1)Nc1cc(Cl)cc(Cl)c1. The number of sulfone groups is 1. The predicted molar refractivity (Wildman–Crippen MR) is 83.5 cm³/mol. The van der Waals surface area contributed by atoms with Crippen LogP contribution in [0.1, 0.15) is 0 Å². The fourth-order valence-corrected chi connectivity index (χ4v) is 3.38. The maximum absolute atomic E-state index is 12.8. The van der Waals surface area contributed by atoms with E-state index in [0.717, 1.165) is 24.3 Å². The number of anilines is 1. The summed E-state index contributed by atoms with van der Waals surface area (Å²) >= 11 is 11.6. The maximum atomic E-state index is 12.8. The molecule has 4 nitrogen and oxygen atoms in total. The van der Waals surface area contributed by atoms with Gasteiger partial charge in [0.15, 0.2) is 9.84 Å². The lowest BCUT2D eigenvalue weighted by atomic mass is 10.3. The van der Waals surface area contributed by atoms with Crippen molar-refractivity contribution >= 4 is 44.6 Å². The lowest BCUT2D eigenvalue weighted by molar-refractivity contribution is -0.113. The molecule has 0 bridgehead atoms. The molecular weight excluding hydrogens is 352 g/mol. The van der Waals surface area contributed by atoms with Gasteiger partial charge in [0.1, 0.15) is 11.6 Å². The molecule has 0 spiro atoms. The molecule has 2 aromatic rings. The van der Waals surface area contributed by atoms with Gasteiger partial charge < -0.3 is 5.32 Å². The fraction of sp³-hybridized carbons (Fsp3) is 0.0714. The summed E-state index contributed by atoms with van der Waals surface area (Å²) in [6, 6.07) is 8.60. The minimum atomic E-state index is -3.86. The lowest BCUT2D eigenvalue weighted by Crippen LogP contribution is -2.23. The van der Waals surface area contributed by atoms with E-state index in [-0.39, 0.29) is 10.6 Å². The van der Waals surface area contributed by atoms with E-state index >= 15 is 0 Å². The van der Waals surface area contributed by atoms with Gasteiger partial charge >= 0.3 is 0 Å². The molecule has 0 atom stereocenters. The predicted octanol–water partition coefficient (Wildman–Crippen LogP) is 3.54. The molecule has 0 heterocycles. The fourth-order valence-electron chi connectivity index (χ4n) is 1.72. The van der Waals surface area contributed by atoms with Crippen LogP contribution in [-0.2, 0) is 14.6 Å². The van der Waals surface area contributed by atoms with Crippen molar-refractivity contribution in [2.24, 2.45) is 0 Å². The highest BCUT2D eigenvalue weighted by Gasteiger charge is 2.19. The molecule has 0 unspecified atom stereocenters. The molecule has 8 heteroatoms. The molecule has 0 saturated heterocycles. The van der Waals surface area contributed by atoms with Gasteiger partial charge in [-0.15, -0.1) is 0 Å². The van der Waals surface area contributed by atoms with E-state index in [1.165, 1.54) is 18.2 Å². The van der Waals surface area contributed by atoms with Gasteiger partial charge in [-0.25, -0.2) is 12.8 Å². The number of carbonyl (C=O) groups is 1. The van der Waals surface area contributed by atoms with E-state index in [1.807, 2.05) is 0 Å². The maximum Gasteiger partial charge on any atom is 0.239 e. The highest BCUT2D eigenvalue weighted by atomic mass is 35.5. The summed E-state index contributed by atoms with van der Waals surface area (Å²) in [7, 11) is -3.86. The van der Waals surface area contributed by atoms with Gasteiger partial charge in [0.05, 0.1) is 4.90 Å². The molecule has 0 aliphatic carbocycles. The topological polar surface area (TPSA) is 63.2 Å². The highest BCUT2D eigenvalue weighted by molar-refractivity contribution is 7.92. The summed E-state index contributed by atoms with van der Waals surface area (Å²) in [5, 5.41) is 3.02. The summed E-state index contributed by atoms with van der Waals surface area (Å²) in [4.78, 5) is 11.7. The number of carbonyl (C=O) groups excluding carboxylic acids is 1. The van der Waals surface area contributed by atoms with Crippen LogP contribution in [0, 0.1) is 5.82 Å². The Hall–Kier alpha value is -1.63. The van der Waals surface area contributed by atoms with Gasteiger partial charge in [0.25, 0.3) is 0 Å². The standard InChI is InChI=1S/C14H10Cl2FNO3S/c15-9-5-10(16)7-12(6-9)18-14(19)8-22(20,21)13-3-1-11(17)2-4-13/h1-7H,8H2,(H,18,19). The molecule has 22 heavy (non-hydrogen) atoms. The number of amides is 1. The van der Waals surface area contributed by atoms with E-state index in [1.54, 1.807) is 0 Å². The summed E-state index contributed by atoms with van der Waals surface area (Å²) in [6.07, 6.45) is 0. The Kier molecular flexibility index (Phi) is 5.05. The second kappa shape index (κ2) is 6.64. The average molecular weight is 362 g/mol. The number of halogens is 3. The van der Waals surface area contributed by atoms with E-state index in [0.29, 0.717) is 10.0 Å². The van der Waals surface area contributed by atoms with E-state index in [9.17, 15) is 17.6 Å². The third-order valence-electron chi connectivity index (χ3n) is 2.64. The van der Waals surface area contributed by atoms with Crippen molar-refractivity contribution in [2.45, 2.75) is 4.90 Å². The number of hydrogen-bond donors (Lipinski definition) is 1. The Bertz CT molecular complexity index is 787. The molecule has 116 valence electrons. The molecule has 2 rings (SSSR count). The Labute approximate surface area is 136 Å². The van der Waals surface area contributed by atoms with Crippen LogP contribution in [0.3, 0.4) is 0 Å². The molecule has 0 fully saturated rings. The van der Waals surface area contributed by atoms with Crippen molar-refractivity contribution in [1.29, 1.82) is 0 Å². The van der Waals surface area contributed by atoms with E-state index in [2.05, 4.69) is 5.32 Å². The Morgan fingerprint density at radius 1 is 1.05 bits per heavy atom. The third-order valence-corrected chi connectivity index (χ3v) is 4.71. The molecule has 0 saturated carbocycles. The molecule has 1 amide bonds. The van der Waals surface area contributed by atoms with Crippen molar-refractivity contribution in [2.75, 3.05) is 11.1 Å². The van der Waals surface area contributed by atoms with Gasteiger partial charge in [-0.05, 0) is 42.5 Å². The van der Waals surface area contributed by atoms with Crippen LogP contribution >= 0.6 is 23.2 Å². The van der Waals surface area contributed by atoms with Crippen LogP contribution in [0.15, 0.2) is 47.4 Å². The number of rotatable bonds is 4. The van der Waals surface area contributed by atoms with Gasteiger partial charge in [-0.1, -0.05) is 23.2 Å². The number of benzene rings is 2. The smallest absolute Gasteiger partial charge is 0.239 e. The van der Waals surface area contributed by atoms with Crippen molar-refractivity contribution in [1.82, 2.24) is 0 Å². The first kappa shape index (κ1) is 16.7. The first-order valence-electron chi connectivity index (χ1n) is 6.00. The highest BCUT2D eigenvalue weighted by Crippen LogP contribution is 2.22. The number of nitrogens with one attached hydrogen (secondary N) is 1. The monoisotopic (exact) mass is 361 g/mol. The second-order valence-electron chi connectivity index (χ2n) is 4.42. The third kappa shape index (κ3) is 4.43. The van der Waals surface area contributed by atoms with Crippen LogP contribution < -0.4 is 5.32 Å². The molecule has 2 aromatic carbocycles. The molecule has 0 aromatic heterocycles. The van der Waals surface area contributed by atoms with Crippen molar-refractivity contribution in [3.05, 3.63) is 58.3 Å². The van der Waals surface area contributed by atoms with Crippen LogP contribution in [0.4, 0.5) is 10.1 Å². The van der Waals surface area contributed by atoms with Crippen molar-refractivity contribution in [3.63, 3.8) is 0 Å². The quantitative estimate of drug-likeness (QED) is 0.847. The molecule has 0 radical (unpaired) electrons. The Morgan fingerprint density at radius 3 is 2.14 bits per heavy atom. The van der Waals surface area contributed by atoms with E-state index < -0.39 is 27.3 Å². The van der Waals surface area contributed by atoms with Gasteiger partial charge in [-0.3, -0.25) is 4.79 Å². The molecule has 0 aliphatic rings. The van der Waals surface area contributed by atoms with E-state index in [4.69, 9.17) is 23.2 Å². The summed E-state index contributed by atoms with van der Waals surface area (Å²) in [6.45, 7) is 0. The first-order valence-corrected chi connectivity index (χ1v) is 8.41. The van der Waals surface area contributed by atoms with Crippen LogP contribution in [-0.4, -0.2) is 20.1 Å². The molecular formula is C14H10Cl2FNO3S. The van der Waals surface area contributed by atoms with Crippen molar-refractivity contribution in [3.8, 4) is 0 Å². The Morgan fingerprint density at radius 2 is 1.59 bits per heavy atom. The van der Waals surface area contributed by atoms with Crippen LogP contribution in [0.2, 0.25) is 10.0 Å². The van der Waals surface area contributed by atoms with Crippen LogP contribution in [0.25, 0.3) is 0 Å². The van der Waals surface area contributed by atoms with Crippen molar-refractivity contribution < 1.29 is 17.6 Å². The summed E-state index contributed by atoms with van der Waals surface area (Å²) in [5.74, 6) is -2.08. The lowest BCUT2D eigenvalue weighted by Gasteiger charge is -2.07. The summed E-state index contributed by atoms with van der Waals surface area (Å²) in [5.41, 5.74) is 0.289. The minimum absolute atomic E-state index is 0.131. The number of hydrogen-bond acceptors (Lipinski definition) is 3. The zero-order valence-corrected chi connectivity index (χ0v) is 13.3. The van der Waals surface area contributed by atoms with Gasteiger partial charge in [0, 0.05) is 15.7 Å². The van der Waals surface area contributed by atoms with Gasteiger partial charge in [-0.2, -0.15) is 0 Å². The Balaban J connectivity index is 2.12. The molecule has 0 aliphatic heterocycles. The van der Waals surface area contributed by atoms with Gasteiger partial charge in [0.2, 0.25) is 5.91 Å². The zero-order valence-electron chi connectivity index (χ0n) is 11.0. The minimum Gasteiger partial charge on any atom is -0.325 e. The second-order valence-corrected chi connectivity index (χ2v) is 7.28. The normalized spacial score (nSPS) is 11.2.